The second-order valence-electron chi connectivity index (χ2n) is 6.15. The molecule has 8 heteroatoms. The first kappa shape index (κ1) is 18.2. The molecule has 1 rings (SSSR count). The summed E-state index contributed by atoms with van der Waals surface area (Å²) in [5.41, 5.74) is 0.172. The summed E-state index contributed by atoms with van der Waals surface area (Å²) < 4.78 is 5.12. The van der Waals surface area contributed by atoms with Gasteiger partial charge in [0.05, 0.1) is 11.8 Å². The predicted molar refractivity (Wildman–Crippen MR) is 82.7 cm³/mol. The van der Waals surface area contributed by atoms with Crippen LogP contribution in [-0.4, -0.2) is 55.6 Å². The van der Waals surface area contributed by atoms with Crippen molar-refractivity contribution in [1.82, 2.24) is 16.0 Å². The minimum atomic E-state index is -0.708. The van der Waals surface area contributed by atoms with Crippen LogP contribution in [0.2, 0.25) is 0 Å². The maximum atomic E-state index is 12.2. The molecule has 0 radical (unpaired) electrons. The van der Waals surface area contributed by atoms with Crippen LogP contribution in [0.4, 0.5) is 4.79 Å². The largest absolute Gasteiger partial charge is 0.444 e. The molecule has 8 nitrogen and oxygen atoms in total. The van der Waals surface area contributed by atoms with Crippen molar-refractivity contribution >= 4 is 17.7 Å². The van der Waals surface area contributed by atoms with Gasteiger partial charge in [-0.25, -0.2) is 4.79 Å². The Morgan fingerprint density at radius 2 is 2.09 bits per heavy atom. The summed E-state index contributed by atoms with van der Waals surface area (Å²) >= 11 is 0. The van der Waals surface area contributed by atoms with Gasteiger partial charge in [-0.1, -0.05) is 5.16 Å². The SMILES string of the molecule is CON=C1CCNCC1NC(=O)[C@H](C)NC(=O)OC(C)(C)C. The van der Waals surface area contributed by atoms with Crippen LogP contribution in [0.5, 0.6) is 0 Å². The average molecular weight is 314 g/mol. The number of nitrogens with zero attached hydrogens (tertiary/aromatic N) is 1. The van der Waals surface area contributed by atoms with Crippen LogP contribution in [0.3, 0.4) is 0 Å². The molecule has 2 amide bonds. The molecule has 0 bridgehead atoms. The lowest BCUT2D eigenvalue weighted by Crippen LogP contribution is -2.56. The lowest BCUT2D eigenvalue weighted by Gasteiger charge is -2.27. The zero-order valence-electron chi connectivity index (χ0n) is 13.9. The second kappa shape index (κ2) is 7.98. The third kappa shape index (κ3) is 6.30. The Morgan fingerprint density at radius 1 is 1.41 bits per heavy atom. The lowest BCUT2D eigenvalue weighted by molar-refractivity contribution is -0.123. The van der Waals surface area contributed by atoms with Gasteiger partial charge < -0.3 is 25.5 Å². The van der Waals surface area contributed by atoms with E-state index in [4.69, 9.17) is 9.57 Å². The fourth-order valence-corrected chi connectivity index (χ4v) is 1.96. The van der Waals surface area contributed by atoms with E-state index in [2.05, 4.69) is 21.1 Å². The van der Waals surface area contributed by atoms with Crippen molar-refractivity contribution in [3.8, 4) is 0 Å². The lowest BCUT2D eigenvalue weighted by atomic mass is 10.0. The first-order valence-electron chi connectivity index (χ1n) is 7.33. The number of hydrogen-bond acceptors (Lipinski definition) is 6. The van der Waals surface area contributed by atoms with Gasteiger partial charge in [-0.3, -0.25) is 4.79 Å². The molecule has 0 saturated carbocycles. The number of alkyl carbamates (subject to hydrolysis) is 1. The normalized spacial score (nSPS) is 21.9. The van der Waals surface area contributed by atoms with E-state index in [1.54, 1.807) is 27.7 Å². The van der Waals surface area contributed by atoms with Crippen molar-refractivity contribution in [2.24, 2.45) is 5.16 Å². The molecule has 2 atom stereocenters. The number of ether oxygens (including phenoxy) is 1. The van der Waals surface area contributed by atoms with Gasteiger partial charge in [0.25, 0.3) is 0 Å². The summed E-state index contributed by atoms with van der Waals surface area (Å²) in [6.45, 7) is 8.26. The molecule has 1 saturated heterocycles. The van der Waals surface area contributed by atoms with Gasteiger partial charge in [-0.05, 0) is 27.7 Å². The zero-order chi connectivity index (χ0) is 16.8. The van der Waals surface area contributed by atoms with E-state index in [-0.39, 0.29) is 11.9 Å². The third-order valence-electron chi connectivity index (χ3n) is 2.96. The van der Waals surface area contributed by atoms with Crippen LogP contribution < -0.4 is 16.0 Å². The molecule has 0 aliphatic carbocycles. The molecular weight excluding hydrogens is 288 g/mol. The Balaban J connectivity index is 2.52. The Morgan fingerprint density at radius 3 is 2.68 bits per heavy atom. The predicted octanol–water partition coefficient (Wildman–Crippen LogP) is 0.380. The van der Waals surface area contributed by atoms with Gasteiger partial charge in [-0.2, -0.15) is 0 Å². The molecule has 22 heavy (non-hydrogen) atoms. The summed E-state index contributed by atoms with van der Waals surface area (Å²) in [4.78, 5) is 28.6. The number of piperidine rings is 1. The van der Waals surface area contributed by atoms with Crippen LogP contribution in [0.15, 0.2) is 5.16 Å². The minimum absolute atomic E-state index is 0.246. The average Bonchev–Trinajstić information content (AvgIpc) is 2.38. The van der Waals surface area contributed by atoms with Crippen LogP contribution in [0.1, 0.15) is 34.1 Å². The molecule has 3 N–H and O–H groups in total. The van der Waals surface area contributed by atoms with E-state index in [0.717, 1.165) is 12.3 Å². The van der Waals surface area contributed by atoms with Gasteiger partial charge >= 0.3 is 6.09 Å². The molecule has 0 aromatic heterocycles. The fourth-order valence-electron chi connectivity index (χ4n) is 1.96. The fraction of sp³-hybridized carbons (Fsp3) is 0.786. The summed E-state index contributed by atoms with van der Waals surface area (Å²) in [7, 11) is 1.47. The highest BCUT2D eigenvalue weighted by molar-refractivity contribution is 5.95. The molecule has 0 spiro atoms. The van der Waals surface area contributed by atoms with Crippen molar-refractivity contribution in [2.75, 3.05) is 20.2 Å². The number of amides is 2. The van der Waals surface area contributed by atoms with Crippen LogP contribution in [-0.2, 0) is 14.4 Å². The van der Waals surface area contributed by atoms with Gasteiger partial charge in [-0.15, -0.1) is 0 Å². The number of carbonyl (C=O) groups is 2. The number of nitrogens with one attached hydrogen (secondary N) is 3. The Bertz CT molecular complexity index is 431. The molecule has 1 fully saturated rings. The first-order valence-corrected chi connectivity index (χ1v) is 7.33. The summed E-state index contributed by atoms with van der Waals surface area (Å²) in [5, 5.41) is 12.5. The maximum absolute atomic E-state index is 12.2. The number of rotatable bonds is 4. The van der Waals surface area contributed by atoms with Crippen molar-refractivity contribution < 1.29 is 19.2 Å². The van der Waals surface area contributed by atoms with E-state index in [1.807, 2.05) is 0 Å². The van der Waals surface area contributed by atoms with Crippen molar-refractivity contribution in [2.45, 2.75) is 51.8 Å². The highest BCUT2D eigenvalue weighted by atomic mass is 16.6. The third-order valence-corrected chi connectivity index (χ3v) is 2.96. The zero-order valence-corrected chi connectivity index (χ0v) is 13.9. The van der Waals surface area contributed by atoms with Crippen molar-refractivity contribution in [3.63, 3.8) is 0 Å². The van der Waals surface area contributed by atoms with Crippen molar-refractivity contribution in [3.05, 3.63) is 0 Å². The quantitative estimate of drug-likeness (QED) is 0.651. The molecule has 0 aromatic carbocycles. The number of carbonyl (C=O) groups excluding carboxylic acids is 2. The minimum Gasteiger partial charge on any atom is -0.444 e. The molecule has 1 aliphatic heterocycles. The molecule has 1 unspecified atom stereocenters. The molecule has 1 aliphatic rings. The first-order chi connectivity index (χ1) is 10.2. The molecule has 126 valence electrons. The van der Waals surface area contributed by atoms with Crippen LogP contribution >= 0.6 is 0 Å². The van der Waals surface area contributed by atoms with E-state index in [9.17, 15) is 9.59 Å². The highest BCUT2D eigenvalue weighted by Crippen LogP contribution is 2.07. The Kier molecular flexibility index (Phi) is 6.61. The highest BCUT2D eigenvalue weighted by Gasteiger charge is 2.26. The van der Waals surface area contributed by atoms with Crippen LogP contribution in [0.25, 0.3) is 0 Å². The Hall–Kier alpha value is -1.83. The monoisotopic (exact) mass is 314 g/mol. The summed E-state index contributed by atoms with van der Waals surface area (Å²) in [5.74, 6) is -0.302. The van der Waals surface area contributed by atoms with Crippen LogP contribution in [0, 0.1) is 0 Å². The number of oxime groups is 1. The van der Waals surface area contributed by atoms with Gasteiger partial charge in [0.1, 0.15) is 18.8 Å². The summed E-state index contributed by atoms with van der Waals surface area (Å²) in [6, 6.07) is -0.954. The second-order valence-corrected chi connectivity index (χ2v) is 6.15. The topological polar surface area (TPSA) is 101 Å². The smallest absolute Gasteiger partial charge is 0.408 e. The number of hydrogen-bond donors (Lipinski definition) is 3. The van der Waals surface area contributed by atoms with E-state index in [1.165, 1.54) is 7.11 Å². The van der Waals surface area contributed by atoms with E-state index >= 15 is 0 Å². The van der Waals surface area contributed by atoms with Gasteiger partial charge in [0.15, 0.2) is 0 Å². The standard InChI is InChI=1S/C14H26N4O4/c1-9(16-13(20)22-14(2,3)4)12(19)17-11-8-15-7-6-10(11)18-21-5/h9,11,15H,6-8H2,1-5H3,(H,16,20)(H,17,19)/t9-,11?/m0/s1. The molecular formula is C14H26N4O4. The van der Waals surface area contributed by atoms with E-state index < -0.39 is 17.7 Å². The van der Waals surface area contributed by atoms with Gasteiger partial charge in [0.2, 0.25) is 5.91 Å². The Labute approximate surface area is 131 Å². The maximum Gasteiger partial charge on any atom is 0.408 e. The molecule has 1 heterocycles. The molecule has 0 aromatic rings. The summed E-state index contributed by atoms with van der Waals surface area (Å²) in [6.07, 6.45) is 0.0786. The van der Waals surface area contributed by atoms with E-state index in [0.29, 0.717) is 13.0 Å². The van der Waals surface area contributed by atoms with Gasteiger partial charge in [0, 0.05) is 19.5 Å². The van der Waals surface area contributed by atoms with Crippen molar-refractivity contribution in [1.29, 1.82) is 0 Å².